The van der Waals surface area contributed by atoms with Gasteiger partial charge in [0, 0.05) is 29.7 Å². The molecule has 11 heteroatoms. The van der Waals surface area contributed by atoms with Crippen LogP contribution in [0.25, 0.3) is 0 Å². The number of esters is 1. The molecule has 0 aromatic heterocycles. The lowest BCUT2D eigenvalue weighted by Gasteiger charge is -2.25. The zero-order valence-electron chi connectivity index (χ0n) is 19.5. The van der Waals surface area contributed by atoms with Crippen LogP contribution in [0.2, 0.25) is 0 Å². The standard InChI is InChI=1S/C24H27N3O6S2/c1-16-15-34-21-10-9-17(35(31,32)26-11-5-6-12-26)13-20(21)27(23(16)29)14-22(28)25-19-8-4-3-7-18(19)24(30)33-2/h3-4,7-10,13,16H,5-6,11-12,14-15H2,1-2H3,(H,25,28). The molecule has 1 fully saturated rings. The van der Waals surface area contributed by atoms with Crippen molar-refractivity contribution in [3.63, 3.8) is 0 Å². The lowest BCUT2D eigenvalue weighted by Crippen LogP contribution is -2.41. The third-order valence-electron chi connectivity index (χ3n) is 6.01. The molecule has 2 heterocycles. The van der Waals surface area contributed by atoms with E-state index in [1.165, 1.54) is 40.2 Å². The molecule has 4 rings (SSSR count). The Hall–Kier alpha value is -2.89. The highest BCUT2D eigenvalue weighted by Gasteiger charge is 2.33. The van der Waals surface area contributed by atoms with Gasteiger partial charge in [0.15, 0.2) is 0 Å². The number of rotatable bonds is 6. The van der Waals surface area contributed by atoms with E-state index in [9.17, 15) is 22.8 Å². The smallest absolute Gasteiger partial charge is 0.339 e. The van der Waals surface area contributed by atoms with E-state index in [4.69, 9.17) is 4.74 Å². The summed E-state index contributed by atoms with van der Waals surface area (Å²) >= 11 is 1.45. The van der Waals surface area contributed by atoms with Gasteiger partial charge in [0.05, 0.1) is 28.9 Å². The van der Waals surface area contributed by atoms with E-state index in [1.54, 1.807) is 37.3 Å². The quantitative estimate of drug-likeness (QED) is 0.586. The predicted octanol–water partition coefficient (Wildman–Crippen LogP) is 2.97. The number of amides is 2. The number of hydrogen-bond acceptors (Lipinski definition) is 7. The fourth-order valence-corrected chi connectivity index (χ4v) is 6.71. The monoisotopic (exact) mass is 517 g/mol. The molecule has 1 N–H and O–H groups in total. The van der Waals surface area contributed by atoms with Crippen LogP contribution in [0.1, 0.15) is 30.1 Å². The van der Waals surface area contributed by atoms with E-state index >= 15 is 0 Å². The van der Waals surface area contributed by atoms with Gasteiger partial charge in [0.2, 0.25) is 21.8 Å². The molecular formula is C24H27N3O6S2. The van der Waals surface area contributed by atoms with Gasteiger partial charge in [-0.15, -0.1) is 11.8 Å². The molecule has 35 heavy (non-hydrogen) atoms. The maximum atomic E-state index is 13.2. The van der Waals surface area contributed by atoms with Crippen LogP contribution in [0.5, 0.6) is 0 Å². The number of ether oxygens (including phenoxy) is 1. The average Bonchev–Trinajstić information content (AvgIpc) is 3.38. The number of hydrogen-bond donors (Lipinski definition) is 1. The highest BCUT2D eigenvalue weighted by atomic mass is 32.2. The van der Waals surface area contributed by atoms with Gasteiger partial charge in [-0.25, -0.2) is 13.2 Å². The van der Waals surface area contributed by atoms with Crippen LogP contribution in [0.4, 0.5) is 11.4 Å². The van der Waals surface area contributed by atoms with Crippen LogP contribution < -0.4 is 10.2 Å². The fraction of sp³-hybridized carbons (Fsp3) is 0.375. The maximum Gasteiger partial charge on any atom is 0.339 e. The van der Waals surface area contributed by atoms with Crippen LogP contribution in [-0.4, -0.2) is 63.0 Å². The van der Waals surface area contributed by atoms with Crippen LogP contribution in [0.3, 0.4) is 0 Å². The summed E-state index contributed by atoms with van der Waals surface area (Å²) in [6.45, 7) is 2.38. The van der Waals surface area contributed by atoms with Gasteiger partial charge in [0.1, 0.15) is 6.54 Å². The molecule has 0 aliphatic carbocycles. The van der Waals surface area contributed by atoms with Gasteiger partial charge in [-0.05, 0) is 43.2 Å². The van der Waals surface area contributed by atoms with Crippen molar-refractivity contribution >= 4 is 50.9 Å². The molecule has 186 valence electrons. The zero-order valence-corrected chi connectivity index (χ0v) is 21.2. The van der Waals surface area contributed by atoms with E-state index in [1.807, 2.05) is 0 Å². The third kappa shape index (κ3) is 5.21. The van der Waals surface area contributed by atoms with Crippen LogP contribution in [0.15, 0.2) is 52.3 Å². The number of nitrogens with zero attached hydrogens (tertiary/aromatic N) is 2. The number of methoxy groups -OCH3 is 1. The Morgan fingerprint density at radius 1 is 1.14 bits per heavy atom. The summed E-state index contributed by atoms with van der Waals surface area (Å²) in [4.78, 5) is 40.5. The van der Waals surface area contributed by atoms with Crippen molar-refractivity contribution in [3.8, 4) is 0 Å². The summed E-state index contributed by atoms with van der Waals surface area (Å²) in [6.07, 6.45) is 1.63. The Bertz CT molecular complexity index is 1260. The minimum atomic E-state index is -3.70. The molecule has 2 aromatic rings. The van der Waals surface area contributed by atoms with Gasteiger partial charge in [0.25, 0.3) is 0 Å². The summed E-state index contributed by atoms with van der Waals surface area (Å²) in [6, 6.07) is 11.2. The first-order valence-corrected chi connectivity index (χ1v) is 13.7. The topological polar surface area (TPSA) is 113 Å². The Morgan fingerprint density at radius 3 is 2.57 bits per heavy atom. The second-order valence-corrected chi connectivity index (χ2v) is 11.5. The molecule has 2 aromatic carbocycles. The second kappa shape index (κ2) is 10.4. The summed E-state index contributed by atoms with van der Waals surface area (Å²) in [7, 11) is -2.45. The van der Waals surface area contributed by atoms with Crippen molar-refractivity contribution in [3.05, 3.63) is 48.0 Å². The molecular weight excluding hydrogens is 490 g/mol. The van der Waals surface area contributed by atoms with E-state index in [0.29, 0.717) is 24.5 Å². The molecule has 1 saturated heterocycles. The van der Waals surface area contributed by atoms with Gasteiger partial charge < -0.3 is 15.0 Å². The lowest BCUT2D eigenvalue weighted by molar-refractivity contribution is -0.123. The third-order valence-corrected chi connectivity index (χ3v) is 9.23. The van der Waals surface area contributed by atoms with Gasteiger partial charge in [-0.3, -0.25) is 9.59 Å². The normalized spacial score (nSPS) is 18.6. The van der Waals surface area contributed by atoms with E-state index in [0.717, 1.165) is 17.7 Å². The first kappa shape index (κ1) is 25.2. The van der Waals surface area contributed by atoms with E-state index in [2.05, 4.69) is 5.32 Å². The predicted molar refractivity (Wildman–Crippen MR) is 133 cm³/mol. The minimum absolute atomic E-state index is 0.0996. The lowest BCUT2D eigenvalue weighted by atomic mass is 10.1. The van der Waals surface area contributed by atoms with Gasteiger partial charge >= 0.3 is 5.97 Å². The molecule has 0 bridgehead atoms. The maximum absolute atomic E-state index is 13.2. The molecule has 2 aliphatic rings. The number of sulfonamides is 1. The van der Waals surface area contributed by atoms with Crippen molar-refractivity contribution in [2.24, 2.45) is 5.92 Å². The molecule has 0 saturated carbocycles. The Kier molecular flexibility index (Phi) is 7.48. The molecule has 1 atom stereocenters. The molecule has 2 aliphatic heterocycles. The summed E-state index contributed by atoms with van der Waals surface area (Å²) in [5, 5.41) is 2.68. The molecule has 1 unspecified atom stereocenters. The molecule has 0 radical (unpaired) electrons. The van der Waals surface area contributed by atoms with Crippen LogP contribution >= 0.6 is 11.8 Å². The van der Waals surface area contributed by atoms with E-state index < -0.39 is 21.9 Å². The van der Waals surface area contributed by atoms with Crippen LogP contribution in [0, 0.1) is 5.92 Å². The average molecular weight is 518 g/mol. The minimum Gasteiger partial charge on any atom is -0.465 e. The molecule has 0 spiro atoms. The first-order valence-electron chi connectivity index (χ1n) is 11.3. The molecule has 2 amide bonds. The Morgan fingerprint density at radius 2 is 1.86 bits per heavy atom. The van der Waals surface area contributed by atoms with Crippen molar-refractivity contribution in [2.75, 3.05) is 42.7 Å². The molecule has 9 nitrogen and oxygen atoms in total. The fourth-order valence-electron chi connectivity index (χ4n) is 4.12. The highest BCUT2D eigenvalue weighted by molar-refractivity contribution is 7.99. The second-order valence-electron chi connectivity index (χ2n) is 8.46. The Labute approximate surface area is 208 Å². The van der Waals surface area contributed by atoms with Gasteiger partial charge in [-0.1, -0.05) is 19.1 Å². The number of carbonyl (C=O) groups is 3. The number of nitrogens with one attached hydrogen (secondary N) is 1. The van der Waals surface area contributed by atoms with Crippen molar-refractivity contribution < 1.29 is 27.5 Å². The Balaban J connectivity index is 1.65. The van der Waals surface area contributed by atoms with Crippen LogP contribution in [-0.2, 0) is 24.3 Å². The number of anilines is 2. The van der Waals surface area contributed by atoms with Crippen molar-refractivity contribution in [1.29, 1.82) is 0 Å². The number of para-hydroxylation sites is 1. The van der Waals surface area contributed by atoms with Gasteiger partial charge in [-0.2, -0.15) is 4.31 Å². The summed E-state index contributed by atoms with van der Waals surface area (Å²) in [5.74, 6) is -1.26. The first-order chi connectivity index (χ1) is 16.7. The number of fused-ring (bicyclic) bond motifs is 1. The van der Waals surface area contributed by atoms with Crippen molar-refractivity contribution in [1.82, 2.24) is 4.31 Å². The van der Waals surface area contributed by atoms with E-state index in [-0.39, 0.29) is 34.5 Å². The zero-order chi connectivity index (χ0) is 25.2. The number of carbonyl (C=O) groups excluding carboxylic acids is 3. The largest absolute Gasteiger partial charge is 0.465 e. The SMILES string of the molecule is COC(=O)c1ccccc1NC(=O)CN1C(=O)C(C)CSc2ccc(S(=O)(=O)N3CCCC3)cc21. The number of benzene rings is 2. The summed E-state index contributed by atoms with van der Waals surface area (Å²) < 4.78 is 32.5. The summed E-state index contributed by atoms with van der Waals surface area (Å²) in [5.41, 5.74) is 0.842. The number of thioether (sulfide) groups is 1. The highest BCUT2D eigenvalue weighted by Crippen LogP contribution is 2.38. The van der Waals surface area contributed by atoms with Crippen molar-refractivity contribution in [2.45, 2.75) is 29.6 Å².